The van der Waals surface area contributed by atoms with Crippen LogP contribution in [0.15, 0.2) is 66.7 Å². The smallest absolute Gasteiger partial charge is 0.255 e. The molecule has 5 rings (SSSR count). The van der Waals surface area contributed by atoms with Gasteiger partial charge in [0.05, 0.1) is 16.1 Å². The average Bonchev–Trinajstić information content (AvgIpc) is 2.83. The Kier molecular flexibility index (Phi) is 5.92. The standard InChI is InChI=1S/C26H22Cl2N4O/c1-17-6-8-18(9-7-17)24-29-23-16-19(27)10-11-21(23)25(30-24)31-12-14-32(15-13-31)26(33)20-4-2-3-5-22(20)28/h2-11,16H,12-15H2,1H3. The summed E-state index contributed by atoms with van der Waals surface area (Å²) in [7, 11) is 0. The number of aromatic nitrogens is 2. The number of anilines is 1. The van der Waals surface area contributed by atoms with Crippen LogP contribution in [0.1, 0.15) is 15.9 Å². The number of halogens is 2. The minimum Gasteiger partial charge on any atom is -0.352 e. The van der Waals surface area contributed by atoms with E-state index in [1.54, 1.807) is 12.1 Å². The fourth-order valence-electron chi connectivity index (χ4n) is 4.09. The van der Waals surface area contributed by atoms with Gasteiger partial charge in [-0.25, -0.2) is 9.97 Å². The molecule has 33 heavy (non-hydrogen) atoms. The lowest BCUT2D eigenvalue weighted by Gasteiger charge is -2.36. The molecular weight excluding hydrogens is 455 g/mol. The van der Waals surface area contributed by atoms with Crippen LogP contribution in [0, 0.1) is 6.92 Å². The number of hydrogen-bond donors (Lipinski definition) is 0. The van der Waals surface area contributed by atoms with Gasteiger partial charge in [0.15, 0.2) is 5.82 Å². The van der Waals surface area contributed by atoms with Gasteiger partial charge in [-0.15, -0.1) is 0 Å². The van der Waals surface area contributed by atoms with E-state index in [1.807, 2.05) is 47.4 Å². The third-order valence-corrected chi connectivity index (χ3v) is 6.48. The van der Waals surface area contributed by atoms with Gasteiger partial charge < -0.3 is 9.80 Å². The number of benzene rings is 3. The minimum atomic E-state index is -0.0417. The van der Waals surface area contributed by atoms with Crippen LogP contribution in [0.5, 0.6) is 0 Å². The largest absolute Gasteiger partial charge is 0.352 e. The van der Waals surface area contributed by atoms with E-state index in [0.717, 1.165) is 22.3 Å². The van der Waals surface area contributed by atoms with Crippen LogP contribution in [0.25, 0.3) is 22.3 Å². The Morgan fingerprint density at radius 1 is 0.879 bits per heavy atom. The van der Waals surface area contributed by atoms with Crippen molar-refractivity contribution in [1.82, 2.24) is 14.9 Å². The molecule has 1 aliphatic heterocycles. The van der Waals surface area contributed by atoms with Crippen LogP contribution in [0.3, 0.4) is 0 Å². The first-order chi connectivity index (χ1) is 16.0. The third kappa shape index (κ3) is 4.39. The van der Waals surface area contributed by atoms with Crippen LogP contribution in [0.4, 0.5) is 5.82 Å². The molecule has 7 heteroatoms. The molecule has 0 N–H and O–H groups in total. The molecule has 1 aromatic heterocycles. The molecule has 4 aromatic rings. The summed E-state index contributed by atoms with van der Waals surface area (Å²) < 4.78 is 0. The summed E-state index contributed by atoms with van der Waals surface area (Å²) in [5, 5.41) is 2.06. The predicted molar refractivity (Wildman–Crippen MR) is 134 cm³/mol. The Morgan fingerprint density at radius 3 is 2.33 bits per heavy atom. The van der Waals surface area contributed by atoms with Crippen LogP contribution in [-0.2, 0) is 0 Å². The van der Waals surface area contributed by atoms with Crippen molar-refractivity contribution >= 4 is 45.8 Å². The molecule has 0 radical (unpaired) electrons. The van der Waals surface area contributed by atoms with Gasteiger partial charge in [0.2, 0.25) is 0 Å². The normalized spacial score (nSPS) is 14.0. The first-order valence-corrected chi connectivity index (χ1v) is 11.6. The molecule has 1 saturated heterocycles. The van der Waals surface area contributed by atoms with Gasteiger partial charge in [-0.1, -0.05) is 65.2 Å². The fourth-order valence-corrected chi connectivity index (χ4v) is 4.47. The van der Waals surface area contributed by atoms with Crippen molar-refractivity contribution in [3.8, 4) is 11.4 Å². The second kappa shape index (κ2) is 9.00. The molecule has 0 saturated carbocycles. The molecule has 166 valence electrons. The Bertz CT molecular complexity index is 1330. The summed E-state index contributed by atoms with van der Waals surface area (Å²) >= 11 is 12.5. The zero-order chi connectivity index (χ0) is 22.9. The summed E-state index contributed by atoms with van der Waals surface area (Å²) in [6.45, 7) is 4.56. The lowest BCUT2D eigenvalue weighted by molar-refractivity contribution is 0.0747. The fraction of sp³-hybridized carbons (Fsp3) is 0.192. The maximum absolute atomic E-state index is 13.0. The van der Waals surface area contributed by atoms with Gasteiger partial charge in [0, 0.05) is 42.2 Å². The van der Waals surface area contributed by atoms with Gasteiger partial charge in [-0.05, 0) is 37.3 Å². The van der Waals surface area contributed by atoms with Crippen LogP contribution in [-0.4, -0.2) is 47.0 Å². The summed E-state index contributed by atoms with van der Waals surface area (Å²) in [5.41, 5.74) is 3.48. The maximum atomic E-state index is 13.0. The van der Waals surface area contributed by atoms with Gasteiger partial charge in [0.1, 0.15) is 5.82 Å². The predicted octanol–water partition coefficient (Wildman–Crippen LogP) is 5.87. The van der Waals surface area contributed by atoms with Crippen molar-refractivity contribution in [2.75, 3.05) is 31.1 Å². The monoisotopic (exact) mass is 476 g/mol. The number of carbonyl (C=O) groups is 1. The van der Waals surface area contributed by atoms with E-state index in [2.05, 4.69) is 24.0 Å². The quantitative estimate of drug-likeness (QED) is 0.370. The van der Waals surface area contributed by atoms with E-state index in [-0.39, 0.29) is 5.91 Å². The zero-order valence-corrected chi connectivity index (χ0v) is 19.6. The van der Waals surface area contributed by atoms with Gasteiger partial charge in [0.25, 0.3) is 5.91 Å². The highest BCUT2D eigenvalue weighted by Gasteiger charge is 2.25. The highest BCUT2D eigenvalue weighted by atomic mass is 35.5. The average molecular weight is 477 g/mol. The van der Waals surface area contributed by atoms with Gasteiger partial charge in [-0.2, -0.15) is 0 Å². The van der Waals surface area contributed by atoms with Crippen molar-refractivity contribution in [2.45, 2.75) is 6.92 Å². The van der Waals surface area contributed by atoms with Crippen molar-refractivity contribution in [1.29, 1.82) is 0 Å². The van der Waals surface area contributed by atoms with Crippen molar-refractivity contribution in [3.05, 3.63) is 87.9 Å². The van der Waals surface area contributed by atoms with E-state index in [9.17, 15) is 4.79 Å². The second-order valence-corrected chi connectivity index (χ2v) is 9.00. The van der Waals surface area contributed by atoms with Crippen LogP contribution in [0.2, 0.25) is 10.0 Å². The summed E-state index contributed by atoms with van der Waals surface area (Å²) in [6.07, 6.45) is 0. The number of rotatable bonds is 3. The second-order valence-electron chi connectivity index (χ2n) is 8.16. The molecule has 2 heterocycles. The Labute approximate surface area is 202 Å². The summed E-state index contributed by atoms with van der Waals surface area (Å²) in [4.78, 5) is 26.7. The number of amides is 1. The third-order valence-electron chi connectivity index (χ3n) is 5.92. The number of nitrogens with zero attached hydrogens (tertiary/aromatic N) is 4. The number of piperazine rings is 1. The molecule has 1 amide bonds. The van der Waals surface area contributed by atoms with Gasteiger partial charge >= 0.3 is 0 Å². The lowest BCUT2D eigenvalue weighted by atomic mass is 10.1. The van der Waals surface area contributed by atoms with E-state index >= 15 is 0 Å². The molecule has 1 aliphatic rings. The number of carbonyl (C=O) groups excluding carboxylic acids is 1. The van der Waals surface area contributed by atoms with E-state index in [4.69, 9.17) is 33.2 Å². The Hall–Kier alpha value is -3.15. The zero-order valence-electron chi connectivity index (χ0n) is 18.1. The highest BCUT2D eigenvalue weighted by molar-refractivity contribution is 6.33. The van der Waals surface area contributed by atoms with Gasteiger partial charge in [-0.3, -0.25) is 4.79 Å². The molecule has 3 aromatic carbocycles. The SMILES string of the molecule is Cc1ccc(-c2nc(N3CCN(C(=O)c4ccccc4Cl)CC3)c3ccc(Cl)cc3n2)cc1. The van der Waals surface area contributed by atoms with Crippen molar-refractivity contribution in [3.63, 3.8) is 0 Å². The molecule has 1 fully saturated rings. The van der Waals surface area contributed by atoms with E-state index in [1.165, 1.54) is 5.56 Å². The van der Waals surface area contributed by atoms with Crippen LogP contribution >= 0.6 is 23.2 Å². The van der Waals surface area contributed by atoms with Crippen molar-refractivity contribution in [2.24, 2.45) is 0 Å². The van der Waals surface area contributed by atoms with Crippen molar-refractivity contribution < 1.29 is 4.79 Å². The highest BCUT2D eigenvalue weighted by Crippen LogP contribution is 2.30. The Balaban J connectivity index is 1.45. The number of aryl methyl sites for hydroxylation is 1. The first-order valence-electron chi connectivity index (χ1n) is 10.8. The van der Waals surface area contributed by atoms with E-state index in [0.29, 0.717) is 47.6 Å². The molecule has 0 spiro atoms. The topological polar surface area (TPSA) is 49.3 Å². The van der Waals surface area contributed by atoms with E-state index < -0.39 is 0 Å². The molecule has 0 aliphatic carbocycles. The number of hydrogen-bond acceptors (Lipinski definition) is 4. The minimum absolute atomic E-state index is 0.0417. The Morgan fingerprint density at radius 2 is 1.61 bits per heavy atom. The number of fused-ring (bicyclic) bond motifs is 1. The molecule has 0 bridgehead atoms. The molecule has 5 nitrogen and oxygen atoms in total. The maximum Gasteiger partial charge on any atom is 0.255 e. The molecular formula is C26H22Cl2N4O. The summed E-state index contributed by atoms with van der Waals surface area (Å²) in [6, 6.07) is 21.1. The lowest BCUT2D eigenvalue weighted by Crippen LogP contribution is -2.49. The van der Waals surface area contributed by atoms with Crippen LogP contribution < -0.4 is 4.90 Å². The first kappa shape index (κ1) is 21.7. The molecule has 0 atom stereocenters. The molecule has 0 unspecified atom stereocenters. The summed E-state index contributed by atoms with van der Waals surface area (Å²) in [5.74, 6) is 1.48.